The van der Waals surface area contributed by atoms with Crippen molar-refractivity contribution >= 4 is 0 Å². The predicted molar refractivity (Wildman–Crippen MR) is 84.4 cm³/mol. The van der Waals surface area contributed by atoms with Gasteiger partial charge >= 0.3 is 0 Å². The second-order valence-electron chi connectivity index (χ2n) is 5.18. The molecule has 0 radical (unpaired) electrons. The monoisotopic (exact) mass is 274 g/mol. The minimum atomic E-state index is -1.60. The van der Waals surface area contributed by atoms with Crippen molar-refractivity contribution in [2.24, 2.45) is 0 Å². The molecule has 20 heavy (non-hydrogen) atoms. The summed E-state index contributed by atoms with van der Waals surface area (Å²) < 4.78 is 0. The highest BCUT2D eigenvalue weighted by Gasteiger charge is 2.19. The van der Waals surface area contributed by atoms with Gasteiger partial charge in [-0.15, -0.1) is 0 Å². The zero-order valence-electron chi connectivity index (χ0n) is 12.5. The zero-order chi connectivity index (χ0) is 14.8. The zero-order valence-corrected chi connectivity index (χ0v) is 12.5. The van der Waals surface area contributed by atoms with E-state index in [0.717, 1.165) is 12.8 Å². The Morgan fingerprint density at radius 2 is 1.65 bits per heavy atom. The Balaban J connectivity index is 0.000000204. The number of aryl methyl sites for hydroxylation is 1. The SMILES string of the molecule is CCCC1=CCC(O)(O)C=C1.CCCc1ccccc1. The van der Waals surface area contributed by atoms with Crippen LogP contribution in [0.2, 0.25) is 0 Å². The number of rotatable bonds is 4. The summed E-state index contributed by atoms with van der Waals surface area (Å²) in [7, 11) is 0. The molecule has 0 heterocycles. The average Bonchev–Trinajstić information content (AvgIpc) is 2.44. The molecule has 0 atom stereocenters. The van der Waals surface area contributed by atoms with E-state index >= 15 is 0 Å². The fourth-order valence-electron chi connectivity index (χ4n) is 2.07. The number of benzene rings is 1. The van der Waals surface area contributed by atoms with Gasteiger partial charge in [0.15, 0.2) is 5.79 Å². The Kier molecular flexibility index (Phi) is 7.27. The lowest BCUT2D eigenvalue weighted by Gasteiger charge is -2.19. The van der Waals surface area contributed by atoms with Gasteiger partial charge in [-0.05, 0) is 24.5 Å². The summed E-state index contributed by atoms with van der Waals surface area (Å²) in [6.45, 7) is 4.31. The molecule has 0 saturated carbocycles. The quantitative estimate of drug-likeness (QED) is 0.815. The Labute approximate surface area is 122 Å². The topological polar surface area (TPSA) is 40.5 Å². The van der Waals surface area contributed by atoms with E-state index in [9.17, 15) is 0 Å². The molecule has 0 aliphatic heterocycles. The predicted octanol–water partition coefficient (Wildman–Crippen LogP) is 3.99. The van der Waals surface area contributed by atoms with E-state index < -0.39 is 5.79 Å². The van der Waals surface area contributed by atoms with Gasteiger partial charge in [-0.25, -0.2) is 0 Å². The molecule has 2 N–H and O–H groups in total. The van der Waals surface area contributed by atoms with E-state index in [0.29, 0.717) is 6.42 Å². The average molecular weight is 274 g/mol. The van der Waals surface area contributed by atoms with Crippen LogP contribution in [0.15, 0.2) is 54.1 Å². The van der Waals surface area contributed by atoms with Gasteiger partial charge in [-0.2, -0.15) is 0 Å². The Morgan fingerprint density at radius 1 is 1.00 bits per heavy atom. The van der Waals surface area contributed by atoms with Gasteiger partial charge in [0.1, 0.15) is 0 Å². The summed E-state index contributed by atoms with van der Waals surface area (Å²) in [5.41, 5.74) is 2.64. The minimum absolute atomic E-state index is 0.318. The van der Waals surface area contributed by atoms with Crippen molar-refractivity contribution in [1.82, 2.24) is 0 Å². The second kappa shape index (κ2) is 8.72. The molecule has 1 aliphatic rings. The van der Waals surface area contributed by atoms with Gasteiger partial charge in [0.25, 0.3) is 0 Å². The molecule has 0 saturated heterocycles. The third kappa shape index (κ3) is 6.69. The molecule has 0 aromatic heterocycles. The fraction of sp³-hybridized carbons (Fsp3) is 0.444. The third-order valence-corrected chi connectivity index (χ3v) is 3.15. The first-order chi connectivity index (χ1) is 9.57. The third-order valence-electron chi connectivity index (χ3n) is 3.15. The maximum absolute atomic E-state index is 9.08. The molecule has 0 spiro atoms. The van der Waals surface area contributed by atoms with Crippen LogP contribution in [0.3, 0.4) is 0 Å². The number of hydrogen-bond acceptors (Lipinski definition) is 2. The van der Waals surface area contributed by atoms with Crippen LogP contribution in [0, 0.1) is 0 Å². The first-order valence-corrected chi connectivity index (χ1v) is 7.44. The Morgan fingerprint density at radius 3 is 2.15 bits per heavy atom. The fourth-order valence-corrected chi connectivity index (χ4v) is 2.07. The van der Waals surface area contributed by atoms with Gasteiger partial charge < -0.3 is 10.2 Å². The van der Waals surface area contributed by atoms with Crippen LogP contribution in [-0.4, -0.2) is 16.0 Å². The highest BCUT2D eigenvalue weighted by molar-refractivity contribution is 5.25. The molecule has 1 aromatic carbocycles. The first kappa shape index (κ1) is 16.7. The number of allylic oxidation sites excluding steroid dienone is 2. The molecule has 0 bridgehead atoms. The van der Waals surface area contributed by atoms with Crippen molar-refractivity contribution in [2.45, 2.75) is 51.7 Å². The minimum Gasteiger partial charge on any atom is -0.362 e. The molecule has 110 valence electrons. The Hall–Kier alpha value is -1.38. The lowest BCUT2D eigenvalue weighted by atomic mass is 9.99. The number of aliphatic hydroxyl groups is 2. The van der Waals surface area contributed by atoms with Gasteiger partial charge in [0.2, 0.25) is 0 Å². The normalized spacial score (nSPS) is 16.1. The van der Waals surface area contributed by atoms with Crippen LogP contribution < -0.4 is 0 Å². The molecular formula is C18H26O2. The summed E-state index contributed by atoms with van der Waals surface area (Å²) in [6, 6.07) is 10.6. The van der Waals surface area contributed by atoms with Crippen molar-refractivity contribution in [2.75, 3.05) is 0 Å². The van der Waals surface area contributed by atoms with Gasteiger partial charge in [-0.3, -0.25) is 0 Å². The van der Waals surface area contributed by atoms with Crippen molar-refractivity contribution < 1.29 is 10.2 Å². The molecule has 0 unspecified atom stereocenters. The lowest BCUT2D eigenvalue weighted by Crippen LogP contribution is -2.25. The molecule has 2 heteroatoms. The molecule has 0 fully saturated rings. The van der Waals surface area contributed by atoms with E-state index in [1.54, 1.807) is 6.08 Å². The highest BCUT2D eigenvalue weighted by Crippen LogP contribution is 2.20. The van der Waals surface area contributed by atoms with Crippen LogP contribution in [0.4, 0.5) is 0 Å². The first-order valence-electron chi connectivity index (χ1n) is 7.44. The summed E-state index contributed by atoms with van der Waals surface area (Å²) in [6.07, 6.45) is 9.99. The molecule has 2 nitrogen and oxygen atoms in total. The van der Waals surface area contributed by atoms with E-state index in [-0.39, 0.29) is 0 Å². The maximum Gasteiger partial charge on any atom is 0.186 e. The molecule has 0 amide bonds. The van der Waals surface area contributed by atoms with Crippen molar-refractivity contribution in [3.63, 3.8) is 0 Å². The van der Waals surface area contributed by atoms with Gasteiger partial charge in [-0.1, -0.05) is 74.7 Å². The maximum atomic E-state index is 9.08. The van der Waals surface area contributed by atoms with Gasteiger partial charge in [0.05, 0.1) is 0 Å². The van der Waals surface area contributed by atoms with Crippen molar-refractivity contribution in [3.8, 4) is 0 Å². The molecule has 1 aliphatic carbocycles. The second-order valence-corrected chi connectivity index (χ2v) is 5.18. The van der Waals surface area contributed by atoms with Crippen LogP contribution >= 0.6 is 0 Å². The van der Waals surface area contributed by atoms with E-state index in [1.807, 2.05) is 6.08 Å². The highest BCUT2D eigenvalue weighted by atomic mass is 16.5. The van der Waals surface area contributed by atoms with E-state index in [1.165, 1.54) is 30.1 Å². The lowest BCUT2D eigenvalue weighted by molar-refractivity contribution is -0.115. The van der Waals surface area contributed by atoms with Gasteiger partial charge in [0, 0.05) is 6.42 Å². The summed E-state index contributed by atoms with van der Waals surface area (Å²) in [5, 5.41) is 18.2. The summed E-state index contributed by atoms with van der Waals surface area (Å²) in [5.74, 6) is -1.60. The number of hydrogen-bond donors (Lipinski definition) is 2. The molecular weight excluding hydrogens is 248 g/mol. The summed E-state index contributed by atoms with van der Waals surface area (Å²) in [4.78, 5) is 0. The van der Waals surface area contributed by atoms with Crippen LogP contribution in [0.25, 0.3) is 0 Å². The van der Waals surface area contributed by atoms with Crippen molar-refractivity contribution in [3.05, 3.63) is 59.7 Å². The van der Waals surface area contributed by atoms with E-state index in [4.69, 9.17) is 10.2 Å². The molecule has 1 aromatic rings. The van der Waals surface area contributed by atoms with Crippen LogP contribution in [0.1, 0.15) is 45.1 Å². The molecule has 2 rings (SSSR count). The van der Waals surface area contributed by atoms with Crippen LogP contribution in [-0.2, 0) is 6.42 Å². The largest absolute Gasteiger partial charge is 0.362 e. The standard InChI is InChI=1S/C9H14O2.C9H12/c1-2-3-8-4-6-9(10,11)7-5-8;1-2-6-9-7-4-3-5-8-9/h4-6,10-11H,2-3,7H2,1H3;3-5,7-8H,2,6H2,1H3. The van der Waals surface area contributed by atoms with Crippen molar-refractivity contribution in [1.29, 1.82) is 0 Å². The summed E-state index contributed by atoms with van der Waals surface area (Å²) >= 11 is 0. The van der Waals surface area contributed by atoms with Crippen LogP contribution in [0.5, 0.6) is 0 Å². The van der Waals surface area contributed by atoms with E-state index in [2.05, 4.69) is 44.2 Å². The Bertz CT molecular complexity index is 430. The smallest absolute Gasteiger partial charge is 0.186 e.